The third-order valence-corrected chi connectivity index (χ3v) is 2.45. The number of aryl methyl sites for hydroxylation is 1. The number of para-hydroxylation sites is 1. The van der Waals surface area contributed by atoms with Crippen LogP contribution < -0.4 is 21.1 Å². The van der Waals surface area contributed by atoms with E-state index in [9.17, 15) is 4.79 Å². The number of primary amides is 1. The van der Waals surface area contributed by atoms with Crippen molar-refractivity contribution in [2.24, 2.45) is 11.5 Å². The highest BCUT2D eigenvalue weighted by atomic mass is 16.5. The second-order valence-electron chi connectivity index (χ2n) is 3.61. The topological polar surface area (TPSA) is 105 Å². The minimum absolute atomic E-state index is 0.427. The Labute approximate surface area is 106 Å². The Morgan fingerprint density at radius 1 is 1.39 bits per heavy atom. The van der Waals surface area contributed by atoms with Crippen LogP contribution in [0, 0.1) is 5.41 Å². The van der Waals surface area contributed by atoms with E-state index in [1.807, 2.05) is 26.0 Å². The van der Waals surface area contributed by atoms with Crippen molar-refractivity contribution >= 4 is 17.7 Å². The maximum absolute atomic E-state index is 11.4. The van der Waals surface area contributed by atoms with Crippen LogP contribution in [-0.2, 0) is 6.42 Å². The van der Waals surface area contributed by atoms with Crippen LogP contribution in [-0.4, -0.2) is 18.6 Å². The molecule has 0 radical (unpaired) electrons. The molecule has 6 nitrogen and oxygen atoms in total. The lowest BCUT2D eigenvalue weighted by Crippen LogP contribution is -2.45. The van der Waals surface area contributed by atoms with Gasteiger partial charge in [-0.3, -0.25) is 5.41 Å². The lowest BCUT2D eigenvalue weighted by atomic mass is 10.1. The molecule has 6 heteroatoms. The van der Waals surface area contributed by atoms with Gasteiger partial charge in [0.25, 0.3) is 0 Å². The molecule has 0 atom stereocenters. The number of rotatable bonds is 4. The maximum Gasteiger partial charge on any atom is 0.326 e. The second kappa shape index (κ2) is 5.90. The minimum Gasteiger partial charge on any atom is -0.492 e. The summed E-state index contributed by atoms with van der Waals surface area (Å²) in [6.07, 6.45) is 0.674. The molecule has 0 aliphatic heterocycles. The number of urea groups is 1. The van der Waals surface area contributed by atoms with Crippen molar-refractivity contribution in [1.82, 2.24) is 0 Å². The summed E-state index contributed by atoms with van der Waals surface area (Å²) in [4.78, 5) is 12.4. The van der Waals surface area contributed by atoms with Gasteiger partial charge in [0.2, 0.25) is 5.96 Å². The van der Waals surface area contributed by atoms with Crippen molar-refractivity contribution in [1.29, 1.82) is 5.41 Å². The molecule has 0 bridgehead atoms. The first kappa shape index (κ1) is 13.8. The van der Waals surface area contributed by atoms with Crippen LogP contribution in [0.2, 0.25) is 0 Å². The summed E-state index contributed by atoms with van der Waals surface area (Å²) >= 11 is 0. The molecular weight excluding hydrogens is 232 g/mol. The molecule has 0 aliphatic carbocycles. The molecule has 1 rings (SSSR count). The zero-order valence-electron chi connectivity index (χ0n) is 10.6. The molecule has 0 saturated carbocycles. The quantitative estimate of drug-likeness (QED) is 0.556. The van der Waals surface area contributed by atoms with Crippen LogP contribution in [0.1, 0.15) is 19.4 Å². The van der Waals surface area contributed by atoms with Gasteiger partial charge in [-0.05, 0) is 25.0 Å². The van der Waals surface area contributed by atoms with E-state index in [1.54, 1.807) is 6.07 Å². The second-order valence-corrected chi connectivity index (χ2v) is 3.61. The third kappa shape index (κ3) is 2.71. The number of guanidine groups is 1. The maximum atomic E-state index is 11.4. The number of hydrogen-bond acceptors (Lipinski definition) is 3. The number of nitrogens with zero attached hydrogens (tertiary/aromatic N) is 1. The van der Waals surface area contributed by atoms with E-state index in [0.29, 0.717) is 24.5 Å². The van der Waals surface area contributed by atoms with Crippen LogP contribution in [0.15, 0.2) is 18.2 Å². The zero-order valence-corrected chi connectivity index (χ0v) is 10.6. The van der Waals surface area contributed by atoms with Crippen molar-refractivity contribution in [3.63, 3.8) is 0 Å². The van der Waals surface area contributed by atoms with Gasteiger partial charge in [0.1, 0.15) is 5.75 Å². The van der Waals surface area contributed by atoms with E-state index in [0.717, 1.165) is 10.5 Å². The molecule has 18 heavy (non-hydrogen) atoms. The van der Waals surface area contributed by atoms with Gasteiger partial charge < -0.3 is 16.2 Å². The first-order valence-electron chi connectivity index (χ1n) is 5.71. The first-order valence-corrected chi connectivity index (χ1v) is 5.71. The van der Waals surface area contributed by atoms with Crippen LogP contribution in [0.4, 0.5) is 10.5 Å². The Hall–Kier alpha value is -2.24. The van der Waals surface area contributed by atoms with Gasteiger partial charge in [-0.25, -0.2) is 9.69 Å². The Kier molecular flexibility index (Phi) is 4.53. The van der Waals surface area contributed by atoms with E-state index in [4.69, 9.17) is 21.6 Å². The molecule has 5 N–H and O–H groups in total. The number of carbonyl (C=O) groups excluding carboxylic acids is 1. The Balaban J connectivity index is 3.41. The molecule has 0 saturated heterocycles. The highest BCUT2D eigenvalue weighted by Gasteiger charge is 2.22. The first-order chi connectivity index (χ1) is 8.52. The molecule has 0 aliphatic rings. The normalized spacial score (nSPS) is 9.89. The summed E-state index contributed by atoms with van der Waals surface area (Å²) in [7, 11) is 0. The van der Waals surface area contributed by atoms with Crippen molar-refractivity contribution in [3.05, 3.63) is 23.8 Å². The highest BCUT2D eigenvalue weighted by molar-refractivity contribution is 6.14. The summed E-state index contributed by atoms with van der Waals surface area (Å²) in [6, 6.07) is 4.59. The van der Waals surface area contributed by atoms with Gasteiger partial charge in [0, 0.05) is 0 Å². The molecule has 0 aromatic heterocycles. The summed E-state index contributed by atoms with van der Waals surface area (Å²) in [5.41, 5.74) is 12.0. The average Bonchev–Trinajstić information content (AvgIpc) is 2.30. The van der Waals surface area contributed by atoms with Gasteiger partial charge in [-0.1, -0.05) is 19.1 Å². The third-order valence-electron chi connectivity index (χ3n) is 2.45. The molecule has 2 amide bonds. The molecule has 1 aromatic carbocycles. The standard InChI is InChI=1S/C12H18N4O2/c1-3-8-6-5-7-9(18-4-2)10(8)16(11(13)14)12(15)17/h5-7H,3-4H2,1-2H3,(H3,13,14)(H2,15,17). The monoisotopic (exact) mass is 250 g/mol. The summed E-state index contributed by atoms with van der Waals surface area (Å²) < 4.78 is 5.46. The number of carbonyl (C=O) groups is 1. The average molecular weight is 250 g/mol. The van der Waals surface area contributed by atoms with Crippen molar-refractivity contribution in [2.75, 3.05) is 11.5 Å². The zero-order chi connectivity index (χ0) is 13.7. The molecule has 0 heterocycles. The van der Waals surface area contributed by atoms with Gasteiger partial charge in [0.05, 0.1) is 12.3 Å². The van der Waals surface area contributed by atoms with E-state index in [2.05, 4.69) is 0 Å². The largest absolute Gasteiger partial charge is 0.492 e. The number of nitrogens with one attached hydrogen (secondary N) is 1. The van der Waals surface area contributed by atoms with E-state index in [-0.39, 0.29) is 0 Å². The van der Waals surface area contributed by atoms with E-state index < -0.39 is 12.0 Å². The fourth-order valence-corrected chi connectivity index (χ4v) is 1.73. The van der Waals surface area contributed by atoms with E-state index >= 15 is 0 Å². The van der Waals surface area contributed by atoms with Crippen molar-refractivity contribution in [3.8, 4) is 5.75 Å². The van der Waals surface area contributed by atoms with Gasteiger partial charge in [-0.2, -0.15) is 0 Å². The smallest absolute Gasteiger partial charge is 0.326 e. The van der Waals surface area contributed by atoms with Gasteiger partial charge in [-0.15, -0.1) is 0 Å². The van der Waals surface area contributed by atoms with Crippen molar-refractivity contribution in [2.45, 2.75) is 20.3 Å². The Morgan fingerprint density at radius 3 is 2.50 bits per heavy atom. The number of benzene rings is 1. The lowest BCUT2D eigenvalue weighted by molar-refractivity contribution is 0.256. The van der Waals surface area contributed by atoms with Crippen LogP contribution >= 0.6 is 0 Å². The van der Waals surface area contributed by atoms with E-state index in [1.165, 1.54) is 0 Å². The predicted octanol–water partition coefficient (Wildman–Crippen LogP) is 1.43. The fraction of sp³-hybridized carbons (Fsp3) is 0.333. The van der Waals surface area contributed by atoms with Crippen LogP contribution in [0.3, 0.4) is 0 Å². The number of hydrogen-bond donors (Lipinski definition) is 3. The number of ether oxygens (including phenoxy) is 1. The number of nitrogens with two attached hydrogens (primary N) is 2. The predicted molar refractivity (Wildman–Crippen MR) is 71.0 cm³/mol. The number of anilines is 1. The van der Waals surface area contributed by atoms with Crippen LogP contribution in [0.25, 0.3) is 0 Å². The SMILES string of the molecule is CCOc1cccc(CC)c1N(C(=N)N)C(N)=O. The molecule has 0 fully saturated rings. The molecule has 0 spiro atoms. The minimum atomic E-state index is -0.802. The molecular formula is C12H18N4O2. The Morgan fingerprint density at radius 2 is 2.06 bits per heavy atom. The summed E-state index contributed by atoms with van der Waals surface area (Å²) in [5, 5.41) is 7.47. The highest BCUT2D eigenvalue weighted by Crippen LogP contribution is 2.32. The molecule has 0 unspecified atom stereocenters. The van der Waals surface area contributed by atoms with Gasteiger partial charge in [0.15, 0.2) is 0 Å². The molecule has 98 valence electrons. The fourth-order valence-electron chi connectivity index (χ4n) is 1.73. The Bertz CT molecular complexity index is 445. The lowest BCUT2D eigenvalue weighted by Gasteiger charge is -2.23. The van der Waals surface area contributed by atoms with Gasteiger partial charge >= 0.3 is 6.03 Å². The summed E-state index contributed by atoms with van der Waals surface area (Å²) in [5.74, 6) is 0.0650. The van der Waals surface area contributed by atoms with Crippen molar-refractivity contribution < 1.29 is 9.53 Å². The molecule has 1 aromatic rings. The summed E-state index contributed by atoms with van der Waals surface area (Å²) in [6.45, 7) is 4.23. The number of amides is 2. The van der Waals surface area contributed by atoms with Crippen LogP contribution in [0.5, 0.6) is 5.75 Å².